The summed E-state index contributed by atoms with van der Waals surface area (Å²) in [5, 5.41) is 14.5. The number of halogens is 3. The summed E-state index contributed by atoms with van der Waals surface area (Å²) in [5.74, 6) is -4.00. The van der Waals surface area contributed by atoms with E-state index in [-0.39, 0.29) is 48.9 Å². The molecule has 15 nitrogen and oxygen atoms in total. The molecule has 2 aromatic rings. The molecule has 4 amide bonds. The SMILES string of the molecule is CC[C@@H]1C[C@H](C)CCC=C[C@@H]2C[C@@]2(C(=O)NS(=O)(=O)C2(C)CC2)NC(=O)[C@@H]2C[C@@H](Oc3ncc(OC)c4cc(N(C)C)ccc34)CN2C(=O)[C@H]1N(C(=O)O)C(C)(C)C(F)(F)F. The highest BCUT2D eigenvalue weighted by molar-refractivity contribution is 7.91. The Labute approximate surface area is 354 Å². The van der Waals surface area contributed by atoms with Gasteiger partial charge in [0.1, 0.15) is 35.0 Å². The lowest BCUT2D eigenvalue weighted by atomic mass is 9.82. The lowest BCUT2D eigenvalue weighted by Gasteiger charge is -2.46. The number of carboxylic acid groups (broad SMARTS) is 1. The smallest absolute Gasteiger partial charge is 0.411 e. The minimum absolute atomic E-state index is 0.0489. The van der Waals surface area contributed by atoms with Crippen LogP contribution in [0.15, 0.2) is 36.5 Å². The molecule has 7 atom stereocenters. The quantitative estimate of drug-likeness (QED) is 0.252. The van der Waals surface area contributed by atoms with Crippen LogP contribution in [-0.2, 0) is 24.4 Å². The van der Waals surface area contributed by atoms with Crippen molar-refractivity contribution in [1.82, 2.24) is 24.8 Å². The molecule has 3 N–H and O–H groups in total. The molecule has 19 heteroatoms. The molecular formula is C42H57F3N6O9S. The third kappa shape index (κ3) is 8.67. The van der Waals surface area contributed by atoms with Gasteiger partial charge in [0.15, 0.2) is 0 Å². The number of nitrogens with one attached hydrogen (secondary N) is 2. The van der Waals surface area contributed by atoms with E-state index < -0.39 is 85.9 Å². The zero-order chi connectivity index (χ0) is 45.0. The van der Waals surface area contributed by atoms with E-state index in [1.54, 1.807) is 19.1 Å². The number of sulfonamides is 1. The van der Waals surface area contributed by atoms with Gasteiger partial charge >= 0.3 is 12.3 Å². The third-order valence-corrected chi connectivity index (χ3v) is 15.3. The number of alkyl halides is 3. The summed E-state index contributed by atoms with van der Waals surface area (Å²) in [6.07, 6.45) is -1.23. The van der Waals surface area contributed by atoms with Crippen molar-refractivity contribution in [3.8, 4) is 11.6 Å². The molecule has 0 unspecified atom stereocenters. The number of allylic oxidation sites excluding steroid dienone is 1. The highest BCUT2D eigenvalue weighted by atomic mass is 32.2. The van der Waals surface area contributed by atoms with Gasteiger partial charge in [-0.05, 0) is 89.3 Å². The van der Waals surface area contributed by atoms with Crippen molar-refractivity contribution in [2.45, 2.75) is 126 Å². The summed E-state index contributed by atoms with van der Waals surface area (Å²) < 4.78 is 84.1. The van der Waals surface area contributed by atoms with Crippen LogP contribution in [0.3, 0.4) is 0 Å². The van der Waals surface area contributed by atoms with Gasteiger partial charge in [0.05, 0.1) is 24.6 Å². The van der Waals surface area contributed by atoms with Crippen molar-refractivity contribution < 1.29 is 55.3 Å². The minimum Gasteiger partial charge on any atom is -0.494 e. The lowest BCUT2D eigenvalue weighted by molar-refractivity contribution is -0.222. The Morgan fingerprint density at radius 3 is 2.41 bits per heavy atom. The molecule has 336 valence electrons. The third-order valence-electron chi connectivity index (χ3n) is 13.2. The lowest BCUT2D eigenvalue weighted by Crippen LogP contribution is -2.66. The maximum atomic E-state index is 15.2. The van der Waals surface area contributed by atoms with Crippen molar-refractivity contribution in [3.63, 3.8) is 0 Å². The topological polar surface area (TPSA) is 188 Å². The van der Waals surface area contributed by atoms with Crippen molar-refractivity contribution in [1.29, 1.82) is 0 Å². The average molecular weight is 879 g/mol. The van der Waals surface area contributed by atoms with Gasteiger partial charge in [-0.2, -0.15) is 13.2 Å². The molecule has 0 bridgehead atoms. The number of rotatable bonds is 10. The second-order valence-corrected chi connectivity index (χ2v) is 20.3. The number of pyridine rings is 1. The highest BCUT2D eigenvalue weighted by Gasteiger charge is 2.64. The van der Waals surface area contributed by atoms with Crippen molar-refractivity contribution >= 4 is 50.3 Å². The molecular weight excluding hydrogens is 822 g/mol. The van der Waals surface area contributed by atoms with Gasteiger partial charge in [0.2, 0.25) is 27.7 Å². The van der Waals surface area contributed by atoms with Gasteiger partial charge in [-0.3, -0.25) is 24.0 Å². The first-order valence-electron chi connectivity index (χ1n) is 20.7. The molecule has 2 aliphatic heterocycles. The van der Waals surface area contributed by atoms with Crippen molar-refractivity contribution in [3.05, 3.63) is 36.5 Å². The van der Waals surface area contributed by atoms with E-state index in [1.165, 1.54) is 20.2 Å². The number of ether oxygens (including phenoxy) is 2. The fourth-order valence-electron chi connectivity index (χ4n) is 8.64. The van der Waals surface area contributed by atoms with E-state index in [9.17, 15) is 41.1 Å². The predicted molar refractivity (Wildman–Crippen MR) is 221 cm³/mol. The second kappa shape index (κ2) is 16.5. The van der Waals surface area contributed by atoms with Crippen LogP contribution >= 0.6 is 0 Å². The summed E-state index contributed by atoms with van der Waals surface area (Å²) >= 11 is 0. The Kier molecular flexibility index (Phi) is 12.3. The number of nitrogens with zero attached hydrogens (tertiary/aromatic N) is 4. The number of benzene rings is 1. The predicted octanol–water partition coefficient (Wildman–Crippen LogP) is 5.62. The summed E-state index contributed by atoms with van der Waals surface area (Å²) in [6, 6.07) is 2.10. The van der Waals surface area contributed by atoms with Crippen LogP contribution in [0.2, 0.25) is 0 Å². The van der Waals surface area contributed by atoms with E-state index in [0.29, 0.717) is 56.1 Å². The number of hydrogen-bond acceptors (Lipinski definition) is 10. The van der Waals surface area contributed by atoms with E-state index in [2.05, 4.69) is 15.0 Å². The van der Waals surface area contributed by atoms with Crippen LogP contribution in [0.4, 0.5) is 23.7 Å². The van der Waals surface area contributed by atoms with E-state index >= 15 is 4.79 Å². The Morgan fingerprint density at radius 1 is 1.13 bits per heavy atom. The molecule has 3 heterocycles. The van der Waals surface area contributed by atoms with Gasteiger partial charge in [-0.25, -0.2) is 18.2 Å². The molecule has 1 saturated heterocycles. The summed E-state index contributed by atoms with van der Waals surface area (Å²) in [7, 11) is 1.09. The molecule has 4 aliphatic rings. The van der Waals surface area contributed by atoms with Crippen molar-refractivity contribution in [2.75, 3.05) is 32.6 Å². The van der Waals surface area contributed by atoms with Gasteiger partial charge in [0.25, 0.3) is 5.91 Å². The van der Waals surface area contributed by atoms with Crippen LogP contribution in [0, 0.1) is 17.8 Å². The van der Waals surface area contributed by atoms with Crippen LogP contribution in [-0.4, -0.2) is 120 Å². The average Bonchev–Trinajstić information content (AvgIpc) is 4.06. The molecule has 6 rings (SSSR count). The maximum Gasteiger partial charge on any atom is 0.411 e. The summed E-state index contributed by atoms with van der Waals surface area (Å²) in [6.45, 7) is 6.12. The van der Waals surface area contributed by atoms with E-state index in [1.807, 2.05) is 44.1 Å². The van der Waals surface area contributed by atoms with Crippen LogP contribution in [0.25, 0.3) is 10.8 Å². The van der Waals surface area contributed by atoms with E-state index in [4.69, 9.17) is 9.47 Å². The van der Waals surface area contributed by atoms with Crippen LogP contribution in [0.1, 0.15) is 86.0 Å². The minimum atomic E-state index is -5.10. The first kappa shape index (κ1) is 45.7. The van der Waals surface area contributed by atoms with Gasteiger partial charge in [0, 0.05) is 42.9 Å². The summed E-state index contributed by atoms with van der Waals surface area (Å²) in [5.41, 5.74) is -3.92. The Morgan fingerprint density at radius 2 is 1.82 bits per heavy atom. The number of carbonyl (C=O) groups is 4. The number of anilines is 1. The second-order valence-electron chi connectivity index (χ2n) is 18.1. The van der Waals surface area contributed by atoms with Crippen LogP contribution in [0.5, 0.6) is 11.6 Å². The standard InChI is InChI=1S/C42H57F3N6O9S/c1-9-25-18-24(2)12-10-11-13-26-21-41(26,37(54)48-61(57,58)40(5)16-17-40)47-34(52)31-20-28(23-50(31)36(53)33(25)51(38(55)56)39(3,4)42(43,44)45)60-35-29-15-14-27(49(6)7)19-30(29)32(59-8)22-46-35/h11,13-15,19,22,24-26,28,31,33H,9-10,12,16-18,20-21,23H2,1-8H3,(H,47,52)(H,48,54)(H,55,56)/t24-,25-,26-,28-,31+,33+,41-/m1/s1. The van der Waals surface area contributed by atoms with E-state index in [0.717, 1.165) is 10.6 Å². The molecule has 1 aromatic heterocycles. The molecule has 0 radical (unpaired) electrons. The first-order valence-corrected chi connectivity index (χ1v) is 22.1. The molecule has 2 saturated carbocycles. The number of methoxy groups -OCH3 is 1. The number of fused-ring (bicyclic) bond motifs is 3. The van der Waals surface area contributed by atoms with Crippen molar-refractivity contribution in [2.24, 2.45) is 17.8 Å². The maximum absolute atomic E-state index is 15.2. The zero-order valence-corrected chi connectivity index (χ0v) is 36.7. The largest absolute Gasteiger partial charge is 0.494 e. The molecule has 61 heavy (non-hydrogen) atoms. The molecule has 1 aromatic carbocycles. The summed E-state index contributed by atoms with van der Waals surface area (Å²) in [4.78, 5) is 64.6. The van der Waals surface area contributed by atoms with Gasteiger partial charge in [-0.1, -0.05) is 32.4 Å². The number of hydrogen-bond donors (Lipinski definition) is 3. The zero-order valence-electron chi connectivity index (χ0n) is 35.8. The Hall–Kier alpha value is -4.81. The normalized spacial score (nSPS) is 28.1. The molecule has 0 spiro atoms. The molecule has 3 fully saturated rings. The van der Waals surface area contributed by atoms with Gasteiger partial charge < -0.3 is 29.7 Å². The van der Waals surface area contributed by atoms with Crippen LogP contribution < -0.4 is 24.4 Å². The first-order chi connectivity index (χ1) is 28.4. The highest BCUT2D eigenvalue weighted by Crippen LogP contribution is 2.48. The number of amides is 4. The fraction of sp³-hybridized carbons (Fsp3) is 0.643. The van der Waals surface area contributed by atoms with Gasteiger partial charge in [-0.15, -0.1) is 0 Å². The number of aromatic nitrogens is 1. The Bertz CT molecular complexity index is 2200. The monoisotopic (exact) mass is 878 g/mol. The molecule has 2 aliphatic carbocycles. The fourth-order valence-corrected chi connectivity index (χ4v) is 9.95. The number of carbonyl (C=O) groups excluding carboxylic acids is 3. The Balaban J connectivity index is 1.45.